The van der Waals surface area contributed by atoms with Crippen LogP contribution in [0.15, 0.2) is 77.2 Å². The second kappa shape index (κ2) is 12.7. The quantitative estimate of drug-likeness (QED) is 0.501. The van der Waals surface area contributed by atoms with E-state index in [0.717, 1.165) is 44.0 Å². The molecule has 4 rings (SSSR count). The number of anilines is 1. The maximum atomic E-state index is 11.4. The first-order valence-electron chi connectivity index (χ1n) is 12.9. The summed E-state index contributed by atoms with van der Waals surface area (Å²) in [5, 5.41) is 14.6. The second-order valence-corrected chi connectivity index (χ2v) is 9.51. The third-order valence-corrected chi connectivity index (χ3v) is 6.89. The van der Waals surface area contributed by atoms with Gasteiger partial charge >= 0.3 is 0 Å². The average molecular weight is 490 g/mol. The van der Waals surface area contributed by atoms with Gasteiger partial charge in [-0.05, 0) is 51.2 Å². The highest BCUT2D eigenvalue weighted by Gasteiger charge is 2.36. The van der Waals surface area contributed by atoms with Crippen molar-refractivity contribution < 1.29 is 9.84 Å². The van der Waals surface area contributed by atoms with E-state index in [9.17, 15) is 5.11 Å². The number of aliphatic hydroxyl groups excluding tert-OH is 1. The zero-order valence-corrected chi connectivity index (χ0v) is 21.7. The first-order chi connectivity index (χ1) is 17.5. The molecule has 2 aliphatic heterocycles. The Hall–Kier alpha value is -3.09. The van der Waals surface area contributed by atoms with E-state index >= 15 is 0 Å². The minimum Gasteiger partial charge on any atom is -0.492 e. The molecule has 192 valence electrons. The van der Waals surface area contributed by atoms with Gasteiger partial charge < -0.3 is 25.0 Å². The maximum Gasteiger partial charge on any atom is 0.169 e. The van der Waals surface area contributed by atoms with Crippen molar-refractivity contribution in [2.75, 3.05) is 58.3 Å². The van der Waals surface area contributed by atoms with Gasteiger partial charge in [-0.1, -0.05) is 42.1 Å². The molecule has 0 spiro atoms. The monoisotopic (exact) mass is 489 g/mol. The predicted molar refractivity (Wildman–Crippen MR) is 147 cm³/mol. The summed E-state index contributed by atoms with van der Waals surface area (Å²) in [5.74, 6) is 1.35. The van der Waals surface area contributed by atoms with Crippen molar-refractivity contribution in [3.05, 3.63) is 77.8 Å². The van der Waals surface area contributed by atoms with E-state index in [0.29, 0.717) is 19.0 Å². The minimum absolute atomic E-state index is 0.0239. The summed E-state index contributed by atoms with van der Waals surface area (Å²) in [6.07, 6.45) is 4.21. The van der Waals surface area contributed by atoms with Crippen molar-refractivity contribution in [3.8, 4) is 5.75 Å². The van der Waals surface area contributed by atoms with Crippen LogP contribution in [0.5, 0.6) is 5.75 Å². The van der Waals surface area contributed by atoms with E-state index in [1.54, 1.807) is 0 Å². The molecular formula is C29H39N5O2. The summed E-state index contributed by atoms with van der Waals surface area (Å²) < 4.78 is 6.10. The lowest BCUT2D eigenvalue weighted by molar-refractivity contribution is 0.119. The van der Waals surface area contributed by atoms with Crippen molar-refractivity contribution in [3.63, 3.8) is 0 Å². The number of hydrogen-bond acceptors (Lipinski definition) is 7. The molecule has 3 atom stereocenters. The minimum atomic E-state index is -0.706. The molecule has 0 aliphatic carbocycles. The molecule has 2 heterocycles. The van der Waals surface area contributed by atoms with Crippen molar-refractivity contribution in [1.82, 2.24) is 15.1 Å². The standard InChI is InChI=1S/C29H39N5O2/c1-4-30-28-14-13-27-26(22-31-28)29(35)34(18-17-33(27)3)24-11-8-12-25(21-24)36-20-19-32(2)16-15-23-9-6-5-7-10-23/h5-13,21-22,26-27,29-30,35H,4,15-20H2,1-3H3. The highest BCUT2D eigenvalue weighted by atomic mass is 16.5. The van der Waals surface area contributed by atoms with Gasteiger partial charge in [-0.2, -0.15) is 0 Å². The van der Waals surface area contributed by atoms with Gasteiger partial charge in [0.25, 0.3) is 0 Å². The number of rotatable bonds is 10. The van der Waals surface area contributed by atoms with Gasteiger partial charge in [-0.3, -0.25) is 4.90 Å². The van der Waals surface area contributed by atoms with E-state index in [4.69, 9.17) is 4.74 Å². The summed E-state index contributed by atoms with van der Waals surface area (Å²) >= 11 is 0. The molecule has 2 aromatic rings. The van der Waals surface area contributed by atoms with Crippen molar-refractivity contribution in [1.29, 1.82) is 0 Å². The van der Waals surface area contributed by atoms with Crippen LogP contribution in [0.1, 0.15) is 12.5 Å². The van der Waals surface area contributed by atoms with Gasteiger partial charge in [-0.15, -0.1) is 0 Å². The third-order valence-electron chi connectivity index (χ3n) is 6.89. The van der Waals surface area contributed by atoms with Gasteiger partial charge in [0, 0.05) is 56.7 Å². The molecule has 2 aliphatic rings. The van der Waals surface area contributed by atoms with E-state index in [1.165, 1.54) is 5.56 Å². The van der Waals surface area contributed by atoms with Gasteiger partial charge in [0.05, 0.1) is 5.92 Å². The van der Waals surface area contributed by atoms with Gasteiger partial charge in [-0.25, -0.2) is 4.99 Å². The van der Waals surface area contributed by atoms with Crippen LogP contribution in [0.25, 0.3) is 0 Å². The molecule has 7 nitrogen and oxygen atoms in total. The predicted octanol–water partition coefficient (Wildman–Crippen LogP) is 2.99. The molecule has 2 N–H and O–H groups in total. The summed E-state index contributed by atoms with van der Waals surface area (Å²) in [6, 6.07) is 18.6. The SMILES string of the molecule is CCNC1=C=CC2C(C=N1)C(O)N(c1cccc(OCCN(C)CCc3ccccc3)c1)CCN2C. The van der Waals surface area contributed by atoms with Crippen LogP contribution in [-0.4, -0.2) is 86.8 Å². The first kappa shape index (κ1) is 26.0. The summed E-state index contributed by atoms with van der Waals surface area (Å²) in [6.45, 7) is 6.79. The highest BCUT2D eigenvalue weighted by molar-refractivity contribution is 5.67. The van der Waals surface area contributed by atoms with Crippen LogP contribution in [0, 0.1) is 5.92 Å². The molecule has 0 radical (unpaired) electrons. The number of aliphatic imine (C=N–C) groups is 1. The first-order valence-corrected chi connectivity index (χ1v) is 12.9. The van der Waals surface area contributed by atoms with E-state index in [1.807, 2.05) is 43.5 Å². The Morgan fingerprint density at radius 2 is 1.97 bits per heavy atom. The summed E-state index contributed by atoms with van der Waals surface area (Å²) in [7, 11) is 4.22. The maximum absolute atomic E-state index is 11.4. The zero-order chi connectivity index (χ0) is 25.3. The number of ether oxygens (including phenoxy) is 1. The molecule has 0 saturated carbocycles. The Morgan fingerprint density at radius 1 is 1.14 bits per heavy atom. The van der Waals surface area contributed by atoms with E-state index in [2.05, 4.69) is 75.2 Å². The number of benzene rings is 2. The van der Waals surface area contributed by atoms with Crippen molar-refractivity contribution in [2.45, 2.75) is 25.6 Å². The lowest BCUT2D eigenvalue weighted by Crippen LogP contribution is -2.45. The number of hydrogen-bond donors (Lipinski definition) is 2. The van der Waals surface area contributed by atoms with Crippen LogP contribution in [0.4, 0.5) is 5.69 Å². The van der Waals surface area contributed by atoms with Crippen LogP contribution >= 0.6 is 0 Å². The molecule has 36 heavy (non-hydrogen) atoms. The molecule has 0 amide bonds. The Balaban J connectivity index is 1.36. The molecule has 0 bridgehead atoms. The lowest BCUT2D eigenvalue weighted by atomic mass is 9.97. The number of nitrogens with zero attached hydrogens (tertiary/aromatic N) is 4. The normalized spacial score (nSPS) is 22.1. The van der Waals surface area contributed by atoms with Crippen LogP contribution in [-0.2, 0) is 6.42 Å². The Bertz CT molecular complexity index is 1070. The van der Waals surface area contributed by atoms with Crippen LogP contribution in [0.2, 0.25) is 0 Å². The van der Waals surface area contributed by atoms with Gasteiger partial charge in [0.15, 0.2) is 5.82 Å². The third kappa shape index (κ3) is 6.77. The fourth-order valence-electron chi connectivity index (χ4n) is 4.68. The lowest BCUT2D eigenvalue weighted by Gasteiger charge is -2.33. The molecule has 1 saturated heterocycles. The van der Waals surface area contributed by atoms with Gasteiger partial charge in [0.2, 0.25) is 0 Å². The molecule has 0 aromatic heterocycles. The number of likely N-dealkylation sites (N-methyl/N-ethyl adjacent to an activating group) is 2. The number of fused-ring (bicyclic) bond motifs is 1. The molecule has 1 fully saturated rings. The second-order valence-electron chi connectivity index (χ2n) is 9.51. The largest absolute Gasteiger partial charge is 0.492 e. The topological polar surface area (TPSA) is 63.6 Å². The zero-order valence-electron chi connectivity index (χ0n) is 21.7. The number of nitrogens with one attached hydrogen (secondary N) is 1. The molecular weight excluding hydrogens is 450 g/mol. The smallest absolute Gasteiger partial charge is 0.169 e. The van der Waals surface area contributed by atoms with E-state index < -0.39 is 6.23 Å². The fourth-order valence-corrected chi connectivity index (χ4v) is 4.68. The molecule has 2 aromatic carbocycles. The summed E-state index contributed by atoms with van der Waals surface area (Å²) in [4.78, 5) is 11.2. The van der Waals surface area contributed by atoms with Crippen LogP contribution in [0.3, 0.4) is 0 Å². The molecule has 7 heteroatoms. The Kier molecular flexibility index (Phi) is 9.20. The Morgan fingerprint density at radius 3 is 2.78 bits per heavy atom. The van der Waals surface area contributed by atoms with Crippen molar-refractivity contribution in [2.24, 2.45) is 10.9 Å². The number of aliphatic hydroxyl groups is 1. The Labute approximate surface area is 215 Å². The summed E-state index contributed by atoms with van der Waals surface area (Å²) in [5.41, 5.74) is 5.57. The fraction of sp³-hybridized carbons (Fsp3) is 0.448. The molecule has 3 unspecified atom stereocenters. The van der Waals surface area contributed by atoms with Crippen LogP contribution < -0.4 is 15.0 Å². The van der Waals surface area contributed by atoms with E-state index in [-0.39, 0.29) is 12.0 Å². The highest BCUT2D eigenvalue weighted by Crippen LogP contribution is 2.29. The van der Waals surface area contributed by atoms with Crippen molar-refractivity contribution >= 4 is 11.9 Å². The van der Waals surface area contributed by atoms with Gasteiger partial charge in [0.1, 0.15) is 18.6 Å². The average Bonchev–Trinajstić information content (AvgIpc) is 3.17.